The fourth-order valence-electron chi connectivity index (χ4n) is 2.13. The summed E-state index contributed by atoms with van der Waals surface area (Å²) in [4.78, 5) is 14.0. The van der Waals surface area contributed by atoms with Crippen LogP contribution in [0.5, 0.6) is 0 Å². The molecule has 1 aromatic carbocycles. The Bertz CT molecular complexity index is 462. The third kappa shape index (κ3) is 5.50. The summed E-state index contributed by atoms with van der Waals surface area (Å²) in [5.74, 6) is 2.39. The van der Waals surface area contributed by atoms with Gasteiger partial charge in [-0.1, -0.05) is 12.1 Å². The zero-order valence-electron chi connectivity index (χ0n) is 13.0. The number of carbonyl (C=O) groups excluding carboxylic acids is 1. The van der Waals surface area contributed by atoms with Gasteiger partial charge in [-0.25, -0.2) is 4.79 Å². The third-order valence-electron chi connectivity index (χ3n) is 3.15. The first-order valence-corrected chi connectivity index (χ1v) is 8.48. The van der Waals surface area contributed by atoms with Gasteiger partial charge in [0.05, 0.1) is 0 Å². The lowest BCUT2D eigenvalue weighted by molar-refractivity contribution is 0.0523. The van der Waals surface area contributed by atoms with Crippen molar-refractivity contribution in [1.29, 1.82) is 0 Å². The van der Waals surface area contributed by atoms with E-state index in [0.717, 1.165) is 18.7 Å². The molecule has 0 unspecified atom stereocenters. The van der Waals surface area contributed by atoms with Crippen LogP contribution in [-0.2, 0) is 11.3 Å². The van der Waals surface area contributed by atoms with Gasteiger partial charge >= 0.3 is 6.09 Å². The summed E-state index contributed by atoms with van der Waals surface area (Å²) in [7, 11) is 0. The maximum atomic E-state index is 11.6. The van der Waals surface area contributed by atoms with E-state index in [2.05, 4.69) is 34.5 Å². The van der Waals surface area contributed by atoms with E-state index in [4.69, 9.17) is 4.74 Å². The number of hydrogen-bond donors (Lipinski definition) is 1. The topological polar surface area (TPSA) is 41.6 Å². The molecule has 1 N–H and O–H groups in total. The van der Waals surface area contributed by atoms with Crippen molar-refractivity contribution in [1.82, 2.24) is 5.32 Å². The Morgan fingerprint density at radius 1 is 1.24 bits per heavy atom. The second-order valence-electron chi connectivity index (χ2n) is 6.12. The Kier molecular flexibility index (Phi) is 5.39. The van der Waals surface area contributed by atoms with Gasteiger partial charge in [-0.05, 0) is 38.5 Å². The molecule has 5 heteroatoms. The van der Waals surface area contributed by atoms with E-state index in [1.165, 1.54) is 17.2 Å². The monoisotopic (exact) mass is 308 g/mol. The quantitative estimate of drug-likeness (QED) is 0.930. The summed E-state index contributed by atoms with van der Waals surface area (Å²) in [5, 5.41) is 2.78. The Labute approximate surface area is 131 Å². The summed E-state index contributed by atoms with van der Waals surface area (Å²) < 4.78 is 5.22. The van der Waals surface area contributed by atoms with E-state index in [1.807, 2.05) is 32.5 Å². The average Bonchev–Trinajstić information content (AvgIpc) is 2.45. The number of benzene rings is 1. The minimum atomic E-state index is -0.458. The molecule has 1 aromatic rings. The molecular formula is C16H24N2O2S. The fraction of sp³-hybridized carbons (Fsp3) is 0.562. The molecular weight excluding hydrogens is 284 g/mol. The highest BCUT2D eigenvalue weighted by atomic mass is 32.2. The first-order chi connectivity index (χ1) is 9.94. The molecule has 1 fully saturated rings. The molecule has 1 amide bonds. The highest BCUT2D eigenvalue weighted by molar-refractivity contribution is 7.99. The minimum absolute atomic E-state index is 0.375. The van der Waals surface area contributed by atoms with Crippen LogP contribution in [0.3, 0.4) is 0 Å². The maximum absolute atomic E-state index is 11.6. The van der Waals surface area contributed by atoms with Gasteiger partial charge < -0.3 is 15.0 Å². The Hall–Kier alpha value is -1.36. The number of carbonyl (C=O) groups is 1. The number of ether oxygens (including phenoxy) is 1. The smallest absolute Gasteiger partial charge is 0.407 e. The number of thioether (sulfide) groups is 1. The molecule has 4 nitrogen and oxygen atoms in total. The first-order valence-electron chi connectivity index (χ1n) is 7.32. The molecule has 0 aliphatic carbocycles. The van der Waals surface area contributed by atoms with Gasteiger partial charge in [-0.2, -0.15) is 11.8 Å². The van der Waals surface area contributed by atoms with Crippen LogP contribution < -0.4 is 10.2 Å². The second-order valence-corrected chi connectivity index (χ2v) is 7.35. The van der Waals surface area contributed by atoms with Crippen LogP contribution in [0.1, 0.15) is 26.3 Å². The van der Waals surface area contributed by atoms with Crippen LogP contribution in [-0.4, -0.2) is 36.3 Å². The number of amides is 1. The zero-order chi connectivity index (χ0) is 15.3. The molecule has 0 aromatic heterocycles. The second kappa shape index (κ2) is 7.07. The van der Waals surface area contributed by atoms with E-state index in [1.54, 1.807) is 0 Å². The van der Waals surface area contributed by atoms with Crippen molar-refractivity contribution in [3.8, 4) is 0 Å². The molecule has 0 bridgehead atoms. The summed E-state index contributed by atoms with van der Waals surface area (Å²) in [6.45, 7) is 8.29. The first kappa shape index (κ1) is 16.0. The van der Waals surface area contributed by atoms with Gasteiger partial charge in [-0.15, -0.1) is 0 Å². The average molecular weight is 308 g/mol. The zero-order valence-corrected chi connectivity index (χ0v) is 13.8. The van der Waals surface area contributed by atoms with Gasteiger partial charge in [-0.3, -0.25) is 0 Å². The number of nitrogens with zero attached hydrogens (tertiary/aromatic N) is 1. The summed E-state index contributed by atoms with van der Waals surface area (Å²) in [5.41, 5.74) is 1.88. The predicted octanol–water partition coefficient (Wildman–Crippen LogP) is 3.26. The predicted molar refractivity (Wildman–Crippen MR) is 89.1 cm³/mol. The normalized spacial score (nSPS) is 15.7. The summed E-state index contributed by atoms with van der Waals surface area (Å²) in [6.07, 6.45) is -0.375. The van der Waals surface area contributed by atoms with E-state index in [0.29, 0.717) is 6.54 Å². The molecule has 0 radical (unpaired) electrons. The number of alkyl carbamates (subject to hydrolysis) is 1. The minimum Gasteiger partial charge on any atom is -0.444 e. The summed E-state index contributed by atoms with van der Waals surface area (Å²) >= 11 is 2.01. The summed E-state index contributed by atoms with van der Waals surface area (Å²) in [6, 6.07) is 8.38. The van der Waals surface area contributed by atoms with Crippen LogP contribution >= 0.6 is 11.8 Å². The SMILES string of the molecule is CC(C)(C)OC(=O)NCc1ccc(N2CCSCC2)cc1. The Morgan fingerprint density at radius 3 is 2.43 bits per heavy atom. The third-order valence-corrected chi connectivity index (χ3v) is 4.09. The lowest BCUT2D eigenvalue weighted by Gasteiger charge is -2.28. The van der Waals surface area contributed by atoms with Crippen LogP contribution in [0.25, 0.3) is 0 Å². The van der Waals surface area contributed by atoms with Crippen molar-refractivity contribution in [3.05, 3.63) is 29.8 Å². The Morgan fingerprint density at radius 2 is 1.86 bits per heavy atom. The van der Waals surface area contributed by atoms with E-state index >= 15 is 0 Å². The van der Waals surface area contributed by atoms with E-state index in [9.17, 15) is 4.79 Å². The number of hydrogen-bond acceptors (Lipinski definition) is 4. The van der Waals surface area contributed by atoms with Crippen molar-refractivity contribution in [2.75, 3.05) is 29.5 Å². The number of nitrogens with one attached hydrogen (secondary N) is 1. The van der Waals surface area contributed by atoms with Gasteiger partial charge in [0.25, 0.3) is 0 Å². The largest absolute Gasteiger partial charge is 0.444 e. The molecule has 1 saturated heterocycles. The van der Waals surface area contributed by atoms with Crippen molar-refractivity contribution in [2.45, 2.75) is 32.9 Å². The van der Waals surface area contributed by atoms with E-state index < -0.39 is 5.60 Å². The lowest BCUT2D eigenvalue weighted by atomic mass is 10.2. The van der Waals surface area contributed by atoms with Gasteiger partial charge in [0, 0.05) is 36.8 Å². The van der Waals surface area contributed by atoms with Gasteiger partial charge in [0.1, 0.15) is 5.60 Å². The molecule has 1 aliphatic rings. The van der Waals surface area contributed by atoms with Crippen molar-refractivity contribution in [2.24, 2.45) is 0 Å². The van der Waals surface area contributed by atoms with Crippen LogP contribution in [0.15, 0.2) is 24.3 Å². The number of rotatable bonds is 3. The lowest BCUT2D eigenvalue weighted by Crippen LogP contribution is -2.32. The van der Waals surface area contributed by atoms with Crippen LogP contribution in [0.2, 0.25) is 0 Å². The molecule has 116 valence electrons. The number of anilines is 1. The molecule has 21 heavy (non-hydrogen) atoms. The molecule has 0 spiro atoms. The van der Waals surface area contributed by atoms with Crippen LogP contribution in [0, 0.1) is 0 Å². The fourth-order valence-corrected chi connectivity index (χ4v) is 3.04. The maximum Gasteiger partial charge on any atom is 0.407 e. The highest BCUT2D eigenvalue weighted by Gasteiger charge is 2.15. The van der Waals surface area contributed by atoms with Crippen LogP contribution in [0.4, 0.5) is 10.5 Å². The molecule has 0 atom stereocenters. The van der Waals surface area contributed by atoms with Crippen molar-refractivity contribution >= 4 is 23.5 Å². The standard InChI is InChI=1S/C16H24N2O2S/c1-16(2,3)20-15(19)17-12-13-4-6-14(7-5-13)18-8-10-21-11-9-18/h4-7H,8-12H2,1-3H3,(H,17,19). The molecule has 2 rings (SSSR count). The van der Waals surface area contributed by atoms with Crippen molar-refractivity contribution in [3.63, 3.8) is 0 Å². The molecule has 1 heterocycles. The molecule has 1 aliphatic heterocycles. The van der Waals surface area contributed by atoms with Crippen molar-refractivity contribution < 1.29 is 9.53 Å². The van der Waals surface area contributed by atoms with E-state index in [-0.39, 0.29) is 6.09 Å². The molecule has 0 saturated carbocycles. The van der Waals surface area contributed by atoms with Gasteiger partial charge in [0.2, 0.25) is 0 Å². The van der Waals surface area contributed by atoms with Gasteiger partial charge in [0.15, 0.2) is 0 Å². The highest BCUT2D eigenvalue weighted by Crippen LogP contribution is 2.19. The Balaban J connectivity index is 1.83.